The summed E-state index contributed by atoms with van der Waals surface area (Å²) in [6.07, 6.45) is 5.65. The first kappa shape index (κ1) is 26.2. The second-order valence-corrected chi connectivity index (χ2v) is 12.2. The Morgan fingerprint density at radius 2 is 1.89 bits per heavy atom. The fraction of sp³-hybridized carbons (Fsp3) is 0.727. The molecular weight excluding hydrogens is 500 g/mol. The van der Waals surface area contributed by atoms with E-state index in [9.17, 15) is 38.2 Å². The normalized spacial score (nSPS) is 39.3. The van der Waals surface area contributed by atoms with Crippen LogP contribution in [0.25, 0.3) is 0 Å². The van der Waals surface area contributed by atoms with Gasteiger partial charge in [-0.05, 0) is 56.1 Å². The topological polar surface area (TPSA) is 182 Å². The number of rotatable bonds is 8. The molecule has 0 bridgehead atoms. The maximum atomic E-state index is 13.4. The number of fused-ring (bicyclic) bond motifs is 5. The SMILES string of the molecule is C[C@]12C=CC(=O)C=C1CC[C@@H]1[C@@H]2[C@H](O[N+](=O)[O-])C[C@@]2(C)[C@H]1CC[C@]2(O[N+](=O)[O-])C(=O)COS(C)(=O)=O. The largest absolute Gasteiger partial charge is 0.310 e. The van der Waals surface area contributed by atoms with Crippen molar-refractivity contribution in [2.24, 2.45) is 28.6 Å². The molecule has 0 saturated heterocycles. The monoisotopic (exact) mass is 528 g/mol. The lowest BCUT2D eigenvalue weighted by Gasteiger charge is -2.60. The van der Waals surface area contributed by atoms with Crippen LogP contribution < -0.4 is 0 Å². The molecule has 36 heavy (non-hydrogen) atoms. The van der Waals surface area contributed by atoms with Crippen molar-refractivity contribution in [3.8, 4) is 0 Å². The van der Waals surface area contributed by atoms with E-state index in [-0.39, 0.29) is 30.5 Å². The van der Waals surface area contributed by atoms with Crippen LogP contribution >= 0.6 is 0 Å². The van der Waals surface area contributed by atoms with Crippen molar-refractivity contribution in [2.75, 3.05) is 12.9 Å². The summed E-state index contributed by atoms with van der Waals surface area (Å²) in [6.45, 7) is 2.56. The number of hydrogen-bond donors (Lipinski definition) is 0. The minimum absolute atomic E-state index is 0.0801. The van der Waals surface area contributed by atoms with Crippen LogP contribution in [0.15, 0.2) is 23.8 Å². The molecule has 0 aromatic rings. The molecule has 13 nitrogen and oxygen atoms in total. The summed E-state index contributed by atoms with van der Waals surface area (Å²) >= 11 is 0. The summed E-state index contributed by atoms with van der Waals surface area (Å²) in [5.74, 6) is -2.07. The summed E-state index contributed by atoms with van der Waals surface area (Å²) in [5.41, 5.74) is -3.21. The minimum atomic E-state index is -4.03. The number of Topliss-reactive ketones (excluding diaryl/α,β-unsaturated/α-hetero) is 1. The number of carbonyl (C=O) groups excluding carboxylic acids is 2. The Balaban J connectivity index is 1.80. The fourth-order valence-corrected chi connectivity index (χ4v) is 7.87. The van der Waals surface area contributed by atoms with Gasteiger partial charge in [-0.25, -0.2) is 0 Å². The molecule has 0 aliphatic heterocycles. The van der Waals surface area contributed by atoms with E-state index >= 15 is 0 Å². The van der Waals surface area contributed by atoms with Gasteiger partial charge >= 0.3 is 0 Å². The third kappa shape index (κ3) is 4.09. The predicted octanol–water partition coefficient (Wildman–Crippen LogP) is 1.97. The smallest absolute Gasteiger partial charge is 0.295 e. The zero-order chi connectivity index (χ0) is 26.7. The maximum Gasteiger partial charge on any atom is 0.295 e. The quantitative estimate of drug-likeness (QED) is 0.255. The highest BCUT2D eigenvalue weighted by atomic mass is 32.2. The Morgan fingerprint density at radius 3 is 2.50 bits per heavy atom. The van der Waals surface area contributed by atoms with Crippen molar-refractivity contribution in [1.29, 1.82) is 0 Å². The van der Waals surface area contributed by atoms with Gasteiger partial charge in [0.25, 0.3) is 20.3 Å². The highest BCUT2D eigenvalue weighted by Gasteiger charge is 2.71. The second kappa shape index (κ2) is 8.61. The first-order valence-corrected chi connectivity index (χ1v) is 13.4. The van der Waals surface area contributed by atoms with Gasteiger partial charge in [0.05, 0.1) is 6.26 Å². The van der Waals surface area contributed by atoms with Gasteiger partial charge in [0.1, 0.15) is 12.7 Å². The molecule has 0 aromatic heterocycles. The molecule has 0 spiro atoms. The van der Waals surface area contributed by atoms with E-state index in [4.69, 9.17) is 9.68 Å². The Labute approximate surface area is 207 Å². The molecule has 4 aliphatic rings. The van der Waals surface area contributed by atoms with Gasteiger partial charge in [-0.2, -0.15) is 8.42 Å². The fourth-order valence-electron chi connectivity index (χ4n) is 7.55. The van der Waals surface area contributed by atoms with Crippen molar-refractivity contribution >= 4 is 21.7 Å². The summed E-state index contributed by atoms with van der Waals surface area (Å²) in [4.78, 5) is 58.8. The van der Waals surface area contributed by atoms with E-state index in [1.165, 1.54) is 6.08 Å². The van der Waals surface area contributed by atoms with Crippen molar-refractivity contribution in [1.82, 2.24) is 0 Å². The maximum absolute atomic E-state index is 13.4. The van der Waals surface area contributed by atoms with Crippen molar-refractivity contribution < 1.29 is 42.0 Å². The molecule has 0 aromatic carbocycles. The Bertz CT molecular complexity index is 1180. The summed E-state index contributed by atoms with van der Waals surface area (Å²) in [7, 11) is -4.03. The highest BCUT2D eigenvalue weighted by Crippen LogP contribution is 2.68. The van der Waals surface area contributed by atoms with E-state index in [0.29, 0.717) is 19.3 Å². The molecule has 3 saturated carbocycles. The molecule has 7 atom stereocenters. The first-order valence-electron chi connectivity index (χ1n) is 11.6. The van der Waals surface area contributed by atoms with E-state index in [1.807, 2.05) is 6.92 Å². The second-order valence-electron chi connectivity index (χ2n) is 10.6. The average Bonchev–Trinajstić information content (AvgIpc) is 3.03. The van der Waals surface area contributed by atoms with Gasteiger partial charge in [-0.3, -0.25) is 18.6 Å². The lowest BCUT2D eigenvalue weighted by molar-refractivity contribution is -0.783. The highest BCUT2D eigenvalue weighted by molar-refractivity contribution is 7.86. The minimum Gasteiger partial charge on any atom is -0.310 e. The molecular formula is C22H28N2O11S. The number of allylic oxidation sites excluding steroid dienone is 4. The average molecular weight is 529 g/mol. The van der Waals surface area contributed by atoms with Gasteiger partial charge in [-0.1, -0.05) is 25.5 Å². The Morgan fingerprint density at radius 1 is 1.19 bits per heavy atom. The number of carbonyl (C=O) groups is 2. The molecule has 3 fully saturated rings. The third-order valence-corrected chi connectivity index (χ3v) is 9.45. The zero-order valence-corrected chi connectivity index (χ0v) is 20.9. The lowest BCUT2D eigenvalue weighted by Crippen LogP contribution is -2.63. The molecule has 0 N–H and O–H groups in total. The van der Waals surface area contributed by atoms with Crippen LogP contribution in [0.1, 0.15) is 46.0 Å². The summed E-state index contributed by atoms with van der Waals surface area (Å²) in [5, 5.41) is 21.1. The van der Waals surface area contributed by atoms with E-state index in [0.717, 1.165) is 11.8 Å². The summed E-state index contributed by atoms with van der Waals surface area (Å²) in [6, 6.07) is 0. The predicted molar refractivity (Wildman–Crippen MR) is 120 cm³/mol. The lowest BCUT2D eigenvalue weighted by atomic mass is 9.46. The van der Waals surface area contributed by atoms with Crippen LogP contribution in [0, 0.1) is 48.8 Å². The number of ketones is 2. The van der Waals surface area contributed by atoms with Crippen LogP contribution in [-0.4, -0.2) is 54.7 Å². The van der Waals surface area contributed by atoms with Crippen LogP contribution in [0.2, 0.25) is 0 Å². The van der Waals surface area contributed by atoms with Crippen molar-refractivity contribution in [3.05, 3.63) is 44.0 Å². The molecule has 0 heterocycles. The van der Waals surface area contributed by atoms with Crippen molar-refractivity contribution in [2.45, 2.75) is 57.7 Å². The molecule has 4 rings (SSSR count). The van der Waals surface area contributed by atoms with Crippen LogP contribution in [-0.2, 0) is 33.6 Å². The first-order chi connectivity index (χ1) is 16.6. The van der Waals surface area contributed by atoms with Crippen LogP contribution in [0.4, 0.5) is 0 Å². The molecule has 14 heteroatoms. The zero-order valence-electron chi connectivity index (χ0n) is 20.1. The van der Waals surface area contributed by atoms with E-state index < -0.39 is 61.1 Å². The standard InChI is InChI=1S/C22H28N2O11S/c1-20-8-6-14(25)10-13(20)4-5-15-16-7-9-22(35-24(29)30,18(26)12-33-36(3,31)32)21(16,2)11-17(19(15)20)34-23(27)28/h6,8,10,15-17,19H,4-5,7,9,11-12H2,1-3H3/t15-,16-,17+,19+,20-,21-,22-/m0/s1. The van der Waals surface area contributed by atoms with Crippen molar-refractivity contribution in [3.63, 3.8) is 0 Å². The molecule has 0 unspecified atom stereocenters. The van der Waals surface area contributed by atoms with E-state index in [1.54, 1.807) is 19.1 Å². The Kier molecular flexibility index (Phi) is 6.27. The van der Waals surface area contributed by atoms with Gasteiger partial charge in [-0.15, -0.1) is 20.2 Å². The molecule has 0 radical (unpaired) electrons. The molecule has 4 aliphatic carbocycles. The summed E-state index contributed by atoms with van der Waals surface area (Å²) < 4.78 is 27.7. The Hall–Kier alpha value is -2.87. The van der Waals surface area contributed by atoms with E-state index in [2.05, 4.69) is 4.18 Å². The molecule has 198 valence electrons. The van der Waals surface area contributed by atoms with Crippen LogP contribution in [0.3, 0.4) is 0 Å². The van der Waals surface area contributed by atoms with Gasteiger partial charge in [0.2, 0.25) is 0 Å². The van der Waals surface area contributed by atoms with Gasteiger partial charge < -0.3 is 4.84 Å². The van der Waals surface area contributed by atoms with Gasteiger partial charge in [0, 0.05) is 16.7 Å². The van der Waals surface area contributed by atoms with Gasteiger partial charge in [0.15, 0.2) is 17.2 Å². The number of hydrogen-bond acceptors (Lipinski definition) is 11. The third-order valence-electron chi connectivity index (χ3n) is 8.90. The number of nitrogens with zero attached hydrogens (tertiary/aromatic N) is 2. The van der Waals surface area contributed by atoms with Crippen LogP contribution in [0.5, 0.6) is 0 Å². The molecule has 0 amide bonds.